The fraction of sp³-hybridized carbons (Fsp3) is 0.200. The van der Waals surface area contributed by atoms with E-state index >= 15 is 0 Å². The molecule has 4 heteroatoms. The van der Waals surface area contributed by atoms with Gasteiger partial charge < -0.3 is 9.47 Å². The average Bonchev–Trinajstić information content (AvgIpc) is 2.74. The van der Waals surface area contributed by atoms with Gasteiger partial charge in [-0.2, -0.15) is 0 Å². The Balaban J connectivity index is 1.79. The SMILES string of the molecule is COc1ccc(C(C)(C)c2ccc(OC(=O)c3ccccc3C(C)=O)cc2)cc1. The van der Waals surface area contributed by atoms with Crippen LogP contribution in [0.1, 0.15) is 52.6 Å². The molecule has 0 aliphatic rings. The molecule has 0 amide bonds. The molecule has 0 bridgehead atoms. The summed E-state index contributed by atoms with van der Waals surface area (Å²) < 4.78 is 10.7. The molecule has 0 unspecified atom stereocenters. The molecule has 0 saturated heterocycles. The third-order valence-electron chi connectivity index (χ3n) is 5.12. The highest BCUT2D eigenvalue weighted by molar-refractivity contribution is 6.05. The monoisotopic (exact) mass is 388 g/mol. The fourth-order valence-electron chi connectivity index (χ4n) is 3.24. The van der Waals surface area contributed by atoms with Crippen LogP contribution in [0.3, 0.4) is 0 Å². The zero-order chi connectivity index (χ0) is 21.0. The minimum Gasteiger partial charge on any atom is -0.497 e. The number of hydrogen-bond donors (Lipinski definition) is 0. The van der Waals surface area contributed by atoms with Crippen LogP contribution in [0.25, 0.3) is 0 Å². The van der Waals surface area contributed by atoms with Crippen LogP contribution >= 0.6 is 0 Å². The van der Waals surface area contributed by atoms with E-state index in [2.05, 4.69) is 13.8 Å². The van der Waals surface area contributed by atoms with Crippen molar-refractivity contribution in [3.63, 3.8) is 0 Å². The van der Waals surface area contributed by atoms with Gasteiger partial charge >= 0.3 is 5.97 Å². The second-order valence-electron chi connectivity index (χ2n) is 7.37. The van der Waals surface area contributed by atoms with Crippen molar-refractivity contribution in [1.82, 2.24) is 0 Å². The van der Waals surface area contributed by atoms with Crippen molar-refractivity contribution in [1.29, 1.82) is 0 Å². The number of ketones is 1. The summed E-state index contributed by atoms with van der Waals surface area (Å²) in [4.78, 5) is 24.3. The predicted octanol–water partition coefficient (Wildman–Crippen LogP) is 5.44. The molecule has 148 valence electrons. The molecule has 3 rings (SSSR count). The third kappa shape index (κ3) is 4.37. The molecule has 0 heterocycles. The van der Waals surface area contributed by atoms with Crippen molar-refractivity contribution in [2.24, 2.45) is 0 Å². The van der Waals surface area contributed by atoms with Crippen LogP contribution in [0.2, 0.25) is 0 Å². The highest BCUT2D eigenvalue weighted by Crippen LogP contribution is 2.33. The van der Waals surface area contributed by atoms with Gasteiger partial charge in [-0.1, -0.05) is 56.3 Å². The molecule has 0 N–H and O–H groups in total. The molecule has 0 spiro atoms. The Hall–Kier alpha value is -3.40. The molecule has 0 radical (unpaired) electrons. The minimum atomic E-state index is -0.544. The summed E-state index contributed by atoms with van der Waals surface area (Å²) in [5.74, 6) is 0.535. The summed E-state index contributed by atoms with van der Waals surface area (Å²) in [6.07, 6.45) is 0. The molecule has 0 atom stereocenters. The predicted molar refractivity (Wildman–Crippen MR) is 113 cm³/mol. The number of carbonyl (C=O) groups excluding carboxylic acids is 2. The molecule has 4 nitrogen and oxygen atoms in total. The number of ether oxygens (including phenoxy) is 2. The Morgan fingerprint density at radius 1 is 0.724 bits per heavy atom. The summed E-state index contributed by atoms with van der Waals surface area (Å²) >= 11 is 0. The maximum atomic E-state index is 12.5. The van der Waals surface area contributed by atoms with E-state index in [0.29, 0.717) is 11.3 Å². The lowest BCUT2D eigenvalue weighted by molar-refractivity contribution is 0.0730. The van der Waals surface area contributed by atoms with Crippen molar-refractivity contribution in [3.8, 4) is 11.5 Å². The molecular formula is C25H24O4. The average molecular weight is 388 g/mol. The van der Waals surface area contributed by atoms with Crippen molar-refractivity contribution in [3.05, 3.63) is 95.1 Å². The zero-order valence-corrected chi connectivity index (χ0v) is 17.1. The maximum absolute atomic E-state index is 12.5. The summed E-state index contributed by atoms with van der Waals surface area (Å²) in [7, 11) is 1.65. The van der Waals surface area contributed by atoms with E-state index in [-0.39, 0.29) is 16.8 Å². The van der Waals surface area contributed by atoms with Gasteiger partial charge in [-0.25, -0.2) is 4.79 Å². The second kappa shape index (κ2) is 8.31. The van der Waals surface area contributed by atoms with Gasteiger partial charge in [0.2, 0.25) is 0 Å². The Morgan fingerprint density at radius 2 is 1.21 bits per heavy atom. The lowest BCUT2D eigenvalue weighted by Crippen LogP contribution is -2.19. The highest BCUT2D eigenvalue weighted by Gasteiger charge is 2.23. The summed E-state index contributed by atoms with van der Waals surface area (Å²) in [5.41, 5.74) is 2.64. The molecule has 0 fully saturated rings. The molecule has 0 aliphatic heterocycles. The van der Waals surface area contributed by atoms with Crippen LogP contribution in [-0.2, 0) is 5.41 Å². The van der Waals surface area contributed by atoms with Gasteiger partial charge in [0, 0.05) is 11.0 Å². The molecular weight excluding hydrogens is 364 g/mol. The first-order chi connectivity index (χ1) is 13.8. The molecule has 3 aromatic carbocycles. The summed E-state index contributed by atoms with van der Waals surface area (Å²) in [6, 6.07) is 22.1. The largest absolute Gasteiger partial charge is 0.497 e. The minimum absolute atomic E-state index is 0.172. The Bertz CT molecular complexity index is 1020. The first-order valence-corrected chi connectivity index (χ1v) is 9.40. The van der Waals surface area contributed by atoms with Crippen molar-refractivity contribution in [2.45, 2.75) is 26.2 Å². The van der Waals surface area contributed by atoms with Gasteiger partial charge in [-0.05, 0) is 48.4 Å². The van der Waals surface area contributed by atoms with Gasteiger partial charge in [0.25, 0.3) is 0 Å². The lowest BCUT2D eigenvalue weighted by Gasteiger charge is -2.26. The number of hydrogen-bond acceptors (Lipinski definition) is 4. The summed E-state index contributed by atoms with van der Waals surface area (Å²) in [5, 5.41) is 0. The fourth-order valence-corrected chi connectivity index (χ4v) is 3.24. The van der Waals surface area contributed by atoms with E-state index < -0.39 is 5.97 Å². The van der Waals surface area contributed by atoms with Crippen LogP contribution in [-0.4, -0.2) is 18.9 Å². The Kier molecular flexibility index (Phi) is 5.83. The first-order valence-electron chi connectivity index (χ1n) is 9.40. The van der Waals surface area contributed by atoms with Crippen LogP contribution in [0.4, 0.5) is 0 Å². The second-order valence-corrected chi connectivity index (χ2v) is 7.37. The Morgan fingerprint density at radius 3 is 1.69 bits per heavy atom. The number of rotatable bonds is 6. The zero-order valence-electron chi connectivity index (χ0n) is 17.1. The molecule has 29 heavy (non-hydrogen) atoms. The van der Waals surface area contributed by atoms with Crippen molar-refractivity contribution < 1.29 is 19.1 Å². The summed E-state index contributed by atoms with van der Waals surface area (Å²) in [6.45, 7) is 5.71. The van der Waals surface area contributed by atoms with E-state index in [9.17, 15) is 9.59 Å². The highest BCUT2D eigenvalue weighted by atomic mass is 16.5. The van der Waals surface area contributed by atoms with Crippen LogP contribution in [0, 0.1) is 0 Å². The number of esters is 1. The van der Waals surface area contributed by atoms with E-state index in [1.807, 2.05) is 36.4 Å². The van der Waals surface area contributed by atoms with Gasteiger partial charge in [-0.15, -0.1) is 0 Å². The Labute approximate surface area is 171 Å². The van der Waals surface area contributed by atoms with Gasteiger partial charge in [0.15, 0.2) is 5.78 Å². The maximum Gasteiger partial charge on any atom is 0.344 e. The topological polar surface area (TPSA) is 52.6 Å². The normalized spacial score (nSPS) is 11.0. The smallest absolute Gasteiger partial charge is 0.344 e. The van der Waals surface area contributed by atoms with E-state index in [1.165, 1.54) is 6.92 Å². The first kappa shape index (κ1) is 20.3. The number of methoxy groups -OCH3 is 1. The van der Waals surface area contributed by atoms with Crippen molar-refractivity contribution >= 4 is 11.8 Å². The number of Topliss-reactive ketones (excluding diaryl/α,β-unsaturated/α-hetero) is 1. The molecule has 0 saturated carbocycles. The lowest BCUT2D eigenvalue weighted by atomic mass is 9.78. The third-order valence-corrected chi connectivity index (χ3v) is 5.12. The van der Waals surface area contributed by atoms with E-state index in [0.717, 1.165) is 16.9 Å². The van der Waals surface area contributed by atoms with Crippen LogP contribution in [0.5, 0.6) is 11.5 Å². The van der Waals surface area contributed by atoms with E-state index in [1.54, 1.807) is 43.5 Å². The van der Waals surface area contributed by atoms with E-state index in [4.69, 9.17) is 9.47 Å². The number of carbonyl (C=O) groups is 2. The van der Waals surface area contributed by atoms with Gasteiger partial charge in [0.05, 0.1) is 12.7 Å². The van der Waals surface area contributed by atoms with Gasteiger partial charge in [-0.3, -0.25) is 4.79 Å². The van der Waals surface area contributed by atoms with Crippen LogP contribution in [0.15, 0.2) is 72.8 Å². The quantitative estimate of drug-likeness (QED) is 0.320. The van der Waals surface area contributed by atoms with Crippen LogP contribution < -0.4 is 9.47 Å². The standard InChI is InChI=1S/C25H24O4/c1-17(26)22-7-5-6-8-23(22)24(27)29-21-15-11-19(12-16-21)25(2,3)18-9-13-20(28-4)14-10-18/h5-16H,1-4H3. The number of benzene rings is 3. The molecule has 3 aromatic rings. The van der Waals surface area contributed by atoms with Gasteiger partial charge in [0.1, 0.15) is 11.5 Å². The molecule has 0 aromatic heterocycles. The molecule has 0 aliphatic carbocycles. The van der Waals surface area contributed by atoms with Crippen molar-refractivity contribution in [2.75, 3.05) is 7.11 Å².